The van der Waals surface area contributed by atoms with E-state index >= 15 is 0 Å². The van der Waals surface area contributed by atoms with Crippen molar-refractivity contribution in [2.24, 2.45) is 11.8 Å². The molecule has 6 unspecified atom stereocenters. The van der Waals surface area contributed by atoms with Gasteiger partial charge in [0.1, 0.15) is 0 Å². The number of hydrogen-bond acceptors (Lipinski definition) is 3. The highest BCUT2D eigenvalue weighted by atomic mass is 35.5. The molecule has 6 atom stereocenters. The summed E-state index contributed by atoms with van der Waals surface area (Å²) in [6.07, 6.45) is 12.6. The standard InChI is InChI=1S/C19H33ClO3/c1-3-4-5-6-10-16-17(19(23)13-18(16)20)12-11-15(22)9-7-8-14(2)21/h5-6,11-12,14-19,21-23H,3-4,7-10,13H2,1-2H3. The largest absolute Gasteiger partial charge is 0.393 e. The van der Waals surface area contributed by atoms with Gasteiger partial charge in [-0.25, -0.2) is 0 Å². The van der Waals surface area contributed by atoms with Gasteiger partial charge in [0.15, 0.2) is 0 Å². The van der Waals surface area contributed by atoms with E-state index in [0.29, 0.717) is 19.3 Å². The van der Waals surface area contributed by atoms with Gasteiger partial charge in [0.25, 0.3) is 0 Å². The zero-order chi connectivity index (χ0) is 17.2. The van der Waals surface area contributed by atoms with Crippen molar-refractivity contribution in [3.63, 3.8) is 0 Å². The van der Waals surface area contributed by atoms with Crippen LogP contribution in [0, 0.1) is 11.8 Å². The highest BCUT2D eigenvalue weighted by Gasteiger charge is 2.39. The topological polar surface area (TPSA) is 60.7 Å². The lowest BCUT2D eigenvalue weighted by molar-refractivity contribution is 0.140. The Hall–Kier alpha value is -0.350. The van der Waals surface area contributed by atoms with Gasteiger partial charge in [0.2, 0.25) is 0 Å². The molecule has 0 aromatic carbocycles. The van der Waals surface area contributed by atoms with Crippen LogP contribution in [0.15, 0.2) is 24.3 Å². The van der Waals surface area contributed by atoms with Crippen LogP contribution in [0.4, 0.5) is 0 Å². The van der Waals surface area contributed by atoms with E-state index in [9.17, 15) is 15.3 Å². The minimum Gasteiger partial charge on any atom is -0.393 e. The van der Waals surface area contributed by atoms with E-state index in [1.165, 1.54) is 0 Å². The van der Waals surface area contributed by atoms with Crippen molar-refractivity contribution in [3.8, 4) is 0 Å². The normalized spacial score (nSPS) is 31.2. The van der Waals surface area contributed by atoms with Crippen LogP contribution in [-0.2, 0) is 0 Å². The molecule has 0 bridgehead atoms. The molecule has 0 heterocycles. The van der Waals surface area contributed by atoms with Crippen molar-refractivity contribution >= 4 is 11.6 Å². The van der Waals surface area contributed by atoms with E-state index in [1.54, 1.807) is 13.0 Å². The van der Waals surface area contributed by atoms with E-state index in [0.717, 1.165) is 25.7 Å². The summed E-state index contributed by atoms with van der Waals surface area (Å²) in [5.74, 6) is 0.232. The van der Waals surface area contributed by atoms with Crippen LogP contribution >= 0.6 is 11.6 Å². The Kier molecular flexibility index (Phi) is 10.1. The van der Waals surface area contributed by atoms with Crippen LogP contribution in [0.25, 0.3) is 0 Å². The molecule has 0 aromatic heterocycles. The second-order valence-electron chi connectivity index (χ2n) is 6.79. The Morgan fingerprint density at radius 2 is 1.96 bits per heavy atom. The third-order valence-electron chi connectivity index (χ3n) is 4.58. The summed E-state index contributed by atoms with van der Waals surface area (Å²) in [6.45, 7) is 3.91. The number of aliphatic hydroxyl groups is 3. The van der Waals surface area contributed by atoms with Crippen LogP contribution in [-0.4, -0.2) is 39.0 Å². The van der Waals surface area contributed by atoms with Crippen LogP contribution in [0.3, 0.4) is 0 Å². The first-order valence-electron chi connectivity index (χ1n) is 8.97. The smallest absolute Gasteiger partial charge is 0.0721 e. The van der Waals surface area contributed by atoms with E-state index in [1.807, 2.05) is 6.08 Å². The molecule has 3 nitrogen and oxygen atoms in total. The van der Waals surface area contributed by atoms with Gasteiger partial charge < -0.3 is 15.3 Å². The number of alkyl halides is 1. The maximum atomic E-state index is 10.2. The molecular weight excluding hydrogens is 312 g/mol. The number of unbranched alkanes of at least 4 members (excludes halogenated alkanes) is 1. The lowest BCUT2D eigenvalue weighted by Gasteiger charge is -2.19. The molecule has 23 heavy (non-hydrogen) atoms. The van der Waals surface area contributed by atoms with Gasteiger partial charge in [-0.1, -0.05) is 37.6 Å². The molecule has 0 amide bonds. The molecule has 0 spiro atoms. The quantitative estimate of drug-likeness (QED) is 0.417. The molecule has 0 aliphatic heterocycles. The number of allylic oxidation sites excluding steroid dienone is 2. The van der Waals surface area contributed by atoms with E-state index in [4.69, 9.17) is 11.6 Å². The predicted molar refractivity (Wildman–Crippen MR) is 96.6 cm³/mol. The van der Waals surface area contributed by atoms with Gasteiger partial charge >= 0.3 is 0 Å². The first-order valence-corrected chi connectivity index (χ1v) is 9.40. The van der Waals surface area contributed by atoms with E-state index in [2.05, 4.69) is 19.1 Å². The van der Waals surface area contributed by atoms with Gasteiger partial charge in [-0.15, -0.1) is 11.6 Å². The van der Waals surface area contributed by atoms with Crippen molar-refractivity contribution in [3.05, 3.63) is 24.3 Å². The summed E-state index contributed by atoms with van der Waals surface area (Å²) < 4.78 is 0. The van der Waals surface area contributed by atoms with Gasteiger partial charge in [0, 0.05) is 11.3 Å². The molecule has 1 saturated carbocycles. The molecule has 0 saturated heterocycles. The zero-order valence-corrected chi connectivity index (χ0v) is 15.2. The van der Waals surface area contributed by atoms with Crippen molar-refractivity contribution in [1.29, 1.82) is 0 Å². The minimum atomic E-state index is -0.522. The van der Waals surface area contributed by atoms with Crippen LogP contribution in [0.2, 0.25) is 0 Å². The number of halogens is 1. The monoisotopic (exact) mass is 344 g/mol. The van der Waals surface area contributed by atoms with Crippen molar-refractivity contribution < 1.29 is 15.3 Å². The fourth-order valence-corrected chi connectivity index (χ4v) is 3.63. The van der Waals surface area contributed by atoms with Crippen molar-refractivity contribution in [2.45, 2.75) is 82.5 Å². The molecule has 0 radical (unpaired) electrons. The fourth-order valence-electron chi connectivity index (χ4n) is 3.18. The van der Waals surface area contributed by atoms with Gasteiger partial charge in [0.05, 0.1) is 18.3 Å². The third kappa shape index (κ3) is 7.84. The second-order valence-corrected chi connectivity index (χ2v) is 7.35. The molecule has 0 aromatic rings. The first kappa shape index (κ1) is 20.7. The average molecular weight is 345 g/mol. The zero-order valence-electron chi connectivity index (χ0n) is 14.4. The number of aliphatic hydroxyl groups excluding tert-OH is 3. The average Bonchev–Trinajstić information content (AvgIpc) is 2.75. The van der Waals surface area contributed by atoms with Crippen molar-refractivity contribution in [1.82, 2.24) is 0 Å². The Morgan fingerprint density at radius 1 is 1.22 bits per heavy atom. The summed E-state index contributed by atoms with van der Waals surface area (Å²) in [6, 6.07) is 0. The number of hydrogen-bond donors (Lipinski definition) is 3. The van der Waals surface area contributed by atoms with Gasteiger partial charge in [-0.3, -0.25) is 0 Å². The molecule has 1 rings (SSSR count). The summed E-state index contributed by atoms with van der Waals surface area (Å²) in [4.78, 5) is 0. The Morgan fingerprint density at radius 3 is 2.61 bits per heavy atom. The maximum Gasteiger partial charge on any atom is 0.0721 e. The number of rotatable bonds is 10. The summed E-state index contributed by atoms with van der Waals surface area (Å²) in [5.41, 5.74) is 0. The van der Waals surface area contributed by atoms with Gasteiger partial charge in [-0.05, 0) is 51.4 Å². The third-order valence-corrected chi connectivity index (χ3v) is 5.08. The molecule has 4 heteroatoms. The SMILES string of the molecule is CCCC=CCC1C(Cl)CC(O)C1C=CC(O)CCCC(C)O. The van der Waals surface area contributed by atoms with Crippen LogP contribution in [0.5, 0.6) is 0 Å². The fraction of sp³-hybridized carbons (Fsp3) is 0.789. The predicted octanol–water partition coefficient (Wildman–Crippen LogP) is 3.81. The Bertz CT molecular complexity index is 368. The molecule has 1 fully saturated rings. The summed E-state index contributed by atoms with van der Waals surface area (Å²) >= 11 is 6.40. The van der Waals surface area contributed by atoms with Gasteiger partial charge in [-0.2, -0.15) is 0 Å². The van der Waals surface area contributed by atoms with E-state index < -0.39 is 12.2 Å². The highest BCUT2D eigenvalue weighted by molar-refractivity contribution is 6.21. The van der Waals surface area contributed by atoms with Crippen molar-refractivity contribution in [2.75, 3.05) is 0 Å². The lowest BCUT2D eigenvalue weighted by atomic mass is 9.90. The summed E-state index contributed by atoms with van der Waals surface area (Å²) in [5, 5.41) is 29.4. The van der Waals surface area contributed by atoms with Crippen LogP contribution in [0.1, 0.15) is 58.8 Å². The molecule has 1 aliphatic rings. The van der Waals surface area contributed by atoms with E-state index in [-0.39, 0.29) is 23.3 Å². The minimum absolute atomic E-state index is 0.00944. The second kappa shape index (κ2) is 11.2. The molecule has 3 N–H and O–H groups in total. The maximum absolute atomic E-state index is 10.2. The summed E-state index contributed by atoms with van der Waals surface area (Å²) in [7, 11) is 0. The Balaban J connectivity index is 2.51. The van der Waals surface area contributed by atoms with Crippen LogP contribution < -0.4 is 0 Å². The Labute approximate surface area is 146 Å². The highest BCUT2D eigenvalue weighted by Crippen LogP contribution is 2.39. The molecular formula is C19H33ClO3. The lowest BCUT2D eigenvalue weighted by Crippen LogP contribution is -2.19. The molecule has 134 valence electrons. The first-order chi connectivity index (χ1) is 11.0. The molecule has 1 aliphatic carbocycles.